The average Bonchev–Trinajstić information content (AvgIpc) is 2.83. The van der Waals surface area contributed by atoms with Gasteiger partial charge in [-0.15, -0.1) is 0 Å². The molecule has 0 aliphatic carbocycles. The Kier molecular flexibility index (Phi) is 4.68. The molecule has 2 N–H and O–H groups in total. The van der Waals surface area contributed by atoms with Crippen molar-refractivity contribution in [2.24, 2.45) is 12.8 Å². The van der Waals surface area contributed by atoms with Gasteiger partial charge < -0.3 is 10.5 Å². The standard InChI is InChI=1S/C15H20ClN3O/c1-4-13(17)15(11-8-18-19(3)9-11)20-14-6-5-10(2)7-12(14)16/h5-9,13,15H,4,17H2,1-3H3. The van der Waals surface area contributed by atoms with Crippen molar-refractivity contribution in [3.63, 3.8) is 0 Å². The van der Waals surface area contributed by atoms with Crippen molar-refractivity contribution in [3.8, 4) is 5.75 Å². The van der Waals surface area contributed by atoms with Crippen LogP contribution in [0.5, 0.6) is 5.75 Å². The quantitative estimate of drug-likeness (QED) is 0.921. The average molecular weight is 294 g/mol. The highest BCUT2D eigenvalue weighted by molar-refractivity contribution is 6.32. The molecular formula is C15H20ClN3O. The number of aryl methyl sites for hydroxylation is 2. The smallest absolute Gasteiger partial charge is 0.142 e. The molecule has 1 aromatic heterocycles. The molecule has 0 aliphatic rings. The van der Waals surface area contributed by atoms with Crippen molar-refractivity contribution < 1.29 is 4.74 Å². The number of halogens is 1. The van der Waals surface area contributed by atoms with Crippen molar-refractivity contribution in [2.75, 3.05) is 0 Å². The Morgan fingerprint density at radius 3 is 2.75 bits per heavy atom. The summed E-state index contributed by atoms with van der Waals surface area (Å²) in [6, 6.07) is 5.62. The van der Waals surface area contributed by atoms with Crippen LogP contribution in [0.1, 0.15) is 30.6 Å². The van der Waals surface area contributed by atoms with Gasteiger partial charge in [0.25, 0.3) is 0 Å². The number of hydrogen-bond donors (Lipinski definition) is 1. The minimum atomic E-state index is -0.256. The Morgan fingerprint density at radius 1 is 1.45 bits per heavy atom. The Bertz CT molecular complexity index is 582. The van der Waals surface area contributed by atoms with Crippen LogP contribution < -0.4 is 10.5 Å². The number of nitrogens with two attached hydrogens (primary N) is 1. The summed E-state index contributed by atoms with van der Waals surface area (Å²) in [4.78, 5) is 0. The van der Waals surface area contributed by atoms with E-state index in [1.807, 2.05) is 45.3 Å². The first-order valence-corrected chi connectivity index (χ1v) is 7.06. The first-order valence-electron chi connectivity index (χ1n) is 6.68. The molecule has 2 unspecified atom stereocenters. The summed E-state index contributed by atoms with van der Waals surface area (Å²) in [6.07, 6.45) is 4.25. The topological polar surface area (TPSA) is 53.1 Å². The second-order valence-corrected chi connectivity index (χ2v) is 5.40. The largest absolute Gasteiger partial charge is 0.482 e. The highest BCUT2D eigenvalue weighted by Gasteiger charge is 2.23. The van der Waals surface area contributed by atoms with Crippen LogP contribution in [0.15, 0.2) is 30.6 Å². The fourth-order valence-electron chi connectivity index (χ4n) is 2.04. The lowest BCUT2D eigenvalue weighted by Crippen LogP contribution is -2.31. The summed E-state index contributed by atoms with van der Waals surface area (Å²) in [7, 11) is 1.87. The Morgan fingerprint density at radius 2 is 2.20 bits per heavy atom. The summed E-state index contributed by atoms with van der Waals surface area (Å²) >= 11 is 6.23. The predicted molar refractivity (Wildman–Crippen MR) is 81.0 cm³/mol. The van der Waals surface area contributed by atoms with E-state index in [0.29, 0.717) is 10.8 Å². The lowest BCUT2D eigenvalue weighted by molar-refractivity contribution is 0.171. The molecule has 2 atom stereocenters. The number of benzene rings is 1. The molecule has 108 valence electrons. The zero-order valence-electron chi connectivity index (χ0n) is 12.0. The van der Waals surface area contributed by atoms with Gasteiger partial charge in [0.1, 0.15) is 11.9 Å². The maximum Gasteiger partial charge on any atom is 0.142 e. The monoisotopic (exact) mass is 293 g/mol. The zero-order chi connectivity index (χ0) is 14.7. The third kappa shape index (κ3) is 3.32. The molecule has 2 aromatic rings. The van der Waals surface area contributed by atoms with Crippen molar-refractivity contribution in [1.29, 1.82) is 0 Å². The van der Waals surface area contributed by atoms with Gasteiger partial charge in [0.2, 0.25) is 0 Å². The van der Waals surface area contributed by atoms with E-state index >= 15 is 0 Å². The molecule has 2 rings (SSSR count). The SMILES string of the molecule is CCC(N)C(Oc1ccc(C)cc1Cl)c1cnn(C)c1. The summed E-state index contributed by atoms with van der Waals surface area (Å²) in [5.74, 6) is 0.648. The van der Waals surface area contributed by atoms with Gasteiger partial charge in [-0.2, -0.15) is 5.10 Å². The van der Waals surface area contributed by atoms with Gasteiger partial charge in [-0.1, -0.05) is 24.6 Å². The van der Waals surface area contributed by atoms with Crippen LogP contribution in [0.2, 0.25) is 5.02 Å². The molecule has 20 heavy (non-hydrogen) atoms. The number of rotatable bonds is 5. The second-order valence-electron chi connectivity index (χ2n) is 4.99. The van der Waals surface area contributed by atoms with Crippen LogP contribution in [0.3, 0.4) is 0 Å². The van der Waals surface area contributed by atoms with E-state index < -0.39 is 0 Å². The minimum absolute atomic E-state index is 0.114. The molecular weight excluding hydrogens is 274 g/mol. The lowest BCUT2D eigenvalue weighted by atomic mass is 10.0. The molecule has 0 bridgehead atoms. The number of hydrogen-bond acceptors (Lipinski definition) is 3. The van der Waals surface area contributed by atoms with E-state index in [-0.39, 0.29) is 12.1 Å². The molecule has 0 saturated carbocycles. The second kappa shape index (κ2) is 6.29. The molecule has 0 radical (unpaired) electrons. The molecule has 1 heterocycles. The fourth-order valence-corrected chi connectivity index (χ4v) is 2.32. The van der Waals surface area contributed by atoms with Crippen LogP contribution in [-0.4, -0.2) is 15.8 Å². The van der Waals surface area contributed by atoms with Crippen LogP contribution in [0.4, 0.5) is 0 Å². The van der Waals surface area contributed by atoms with Gasteiger partial charge in [0, 0.05) is 24.8 Å². The van der Waals surface area contributed by atoms with Gasteiger partial charge in [0.05, 0.1) is 11.2 Å². The van der Waals surface area contributed by atoms with Crippen LogP contribution in [-0.2, 0) is 7.05 Å². The van der Waals surface area contributed by atoms with Gasteiger partial charge in [-0.25, -0.2) is 0 Å². The van der Waals surface area contributed by atoms with E-state index in [1.54, 1.807) is 10.9 Å². The van der Waals surface area contributed by atoms with Crippen molar-refractivity contribution >= 4 is 11.6 Å². The maximum absolute atomic E-state index is 6.23. The highest BCUT2D eigenvalue weighted by Crippen LogP contribution is 2.31. The van der Waals surface area contributed by atoms with Gasteiger partial charge >= 0.3 is 0 Å². The van der Waals surface area contributed by atoms with Crippen molar-refractivity contribution in [1.82, 2.24) is 9.78 Å². The molecule has 0 saturated heterocycles. The Hall–Kier alpha value is -1.52. The first-order chi connectivity index (χ1) is 9.51. The van der Waals surface area contributed by atoms with E-state index in [9.17, 15) is 0 Å². The molecule has 0 amide bonds. The first kappa shape index (κ1) is 14.9. The highest BCUT2D eigenvalue weighted by atomic mass is 35.5. The number of ether oxygens (including phenoxy) is 1. The minimum Gasteiger partial charge on any atom is -0.482 e. The fraction of sp³-hybridized carbons (Fsp3) is 0.400. The molecule has 4 nitrogen and oxygen atoms in total. The van der Waals surface area contributed by atoms with E-state index in [1.165, 1.54) is 0 Å². The van der Waals surface area contributed by atoms with E-state index in [4.69, 9.17) is 22.1 Å². The Labute approximate surface area is 124 Å². The number of aromatic nitrogens is 2. The Balaban J connectivity index is 2.28. The lowest BCUT2D eigenvalue weighted by Gasteiger charge is -2.24. The predicted octanol–water partition coefficient (Wildman–Crippen LogP) is 3.24. The van der Waals surface area contributed by atoms with Crippen LogP contribution >= 0.6 is 11.6 Å². The van der Waals surface area contributed by atoms with Crippen LogP contribution in [0.25, 0.3) is 0 Å². The van der Waals surface area contributed by atoms with Gasteiger partial charge in [0.15, 0.2) is 0 Å². The zero-order valence-corrected chi connectivity index (χ0v) is 12.8. The molecule has 0 fully saturated rings. The molecule has 1 aromatic carbocycles. The van der Waals surface area contributed by atoms with Crippen molar-refractivity contribution in [2.45, 2.75) is 32.4 Å². The summed E-state index contributed by atoms with van der Waals surface area (Å²) in [5.41, 5.74) is 8.24. The third-order valence-electron chi connectivity index (χ3n) is 3.25. The van der Waals surface area contributed by atoms with E-state index in [2.05, 4.69) is 5.10 Å². The summed E-state index contributed by atoms with van der Waals surface area (Å²) in [6.45, 7) is 4.03. The summed E-state index contributed by atoms with van der Waals surface area (Å²) < 4.78 is 7.78. The molecule has 5 heteroatoms. The van der Waals surface area contributed by atoms with Crippen LogP contribution in [0, 0.1) is 6.92 Å². The maximum atomic E-state index is 6.23. The number of nitrogens with zero attached hydrogens (tertiary/aromatic N) is 2. The molecule has 0 spiro atoms. The van der Waals surface area contributed by atoms with Gasteiger partial charge in [-0.05, 0) is 31.0 Å². The van der Waals surface area contributed by atoms with E-state index in [0.717, 1.165) is 17.5 Å². The molecule has 0 aliphatic heterocycles. The van der Waals surface area contributed by atoms with Gasteiger partial charge in [-0.3, -0.25) is 4.68 Å². The normalized spacial score (nSPS) is 14.1. The van der Waals surface area contributed by atoms with Crippen molar-refractivity contribution in [3.05, 3.63) is 46.7 Å². The third-order valence-corrected chi connectivity index (χ3v) is 3.55. The summed E-state index contributed by atoms with van der Waals surface area (Å²) in [5, 5.41) is 4.78.